The van der Waals surface area contributed by atoms with Crippen molar-refractivity contribution >= 4 is 35.5 Å². The highest BCUT2D eigenvalue weighted by Gasteiger charge is 2.31. The molecule has 0 fully saturated rings. The van der Waals surface area contributed by atoms with Crippen LogP contribution in [0.3, 0.4) is 0 Å². The highest BCUT2D eigenvalue weighted by molar-refractivity contribution is 5.94. The first-order valence-corrected chi connectivity index (χ1v) is 11.2. The number of nitrogens with zero attached hydrogens (tertiary/aromatic N) is 1. The lowest BCUT2D eigenvalue weighted by molar-refractivity contribution is -0.142. The first-order valence-electron chi connectivity index (χ1n) is 11.2. The van der Waals surface area contributed by atoms with Gasteiger partial charge in [-0.3, -0.25) is 24.0 Å². The number of primary amides is 2. The number of aromatic amines is 1. The predicted octanol–water partition coefficient (Wildman–Crippen LogP) is -2.99. The van der Waals surface area contributed by atoms with Gasteiger partial charge in [0.05, 0.1) is 12.4 Å². The Balaban J connectivity index is 3.08. The van der Waals surface area contributed by atoms with E-state index >= 15 is 0 Å². The lowest BCUT2D eigenvalue weighted by Crippen LogP contribution is -2.58. The van der Waals surface area contributed by atoms with E-state index in [1.54, 1.807) is 13.8 Å². The van der Waals surface area contributed by atoms with Crippen LogP contribution in [0.4, 0.5) is 0 Å². The highest BCUT2D eigenvalue weighted by atomic mass is 16.4. The van der Waals surface area contributed by atoms with Crippen LogP contribution < -0.4 is 33.2 Å². The molecule has 4 unspecified atom stereocenters. The number of aliphatic carboxylic acids is 1. The summed E-state index contributed by atoms with van der Waals surface area (Å²) in [6.45, 7) is 3.46. The van der Waals surface area contributed by atoms with Crippen molar-refractivity contribution in [3.63, 3.8) is 0 Å². The molecule has 0 radical (unpaired) electrons. The van der Waals surface area contributed by atoms with Gasteiger partial charge in [-0.05, 0) is 18.8 Å². The number of carbonyl (C=O) groups is 6. The van der Waals surface area contributed by atoms with E-state index in [1.807, 2.05) is 0 Å². The Morgan fingerprint density at radius 3 is 1.86 bits per heavy atom. The molecule has 200 valence electrons. The number of carboxylic acids is 1. The fraction of sp³-hybridized carbons (Fsp3) is 0.571. The smallest absolute Gasteiger partial charge is 0.326 e. The van der Waals surface area contributed by atoms with Gasteiger partial charge >= 0.3 is 5.97 Å². The Kier molecular flexibility index (Phi) is 12.0. The summed E-state index contributed by atoms with van der Waals surface area (Å²) in [5.74, 6) is -5.46. The molecule has 11 N–H and O–H groups in total. The minimum absolute atomic E-state index is 0.0249. The SMILES string of the molecule is CC(C)C(N)C(=O)NC(Cc1cnc[nH]1)C(=O)NC(CCC(N)=O)C(=O)NC(CCC(N)=O)C(=O)O. The van der Waals surface area contributed by atoms with Gasteiger partial charge < -0.3 is 43.2 Å². The van der Waals surface area contributed by atoms with Crippen molar-refractivity contribution in [3.8, 4) is 0 Å². The second-order valence-electron chi connectivity index (χ2n) is 8.58. The molecule has 0 aliphatic heterocycles. The molecule has 36 heavy (non-hydrogen) atoms. The topological polar surface area (TPSA) is 265 Å². The monoisotopic (exact) mass is 510 g/mol. The lowest BCUT2D eigenvalue weighted by Gasteiger charge is -2.25. The van der Waals surface area contributed by atoms with Crippen molar-refractivity contribution < 1.29 is 33.9 Å². The Bertz CT molecular complexity index is 935. The van der Waals surface area contributed by atoms with Crippen LogP contribution >= 0.6 is 0 Å². The zero-order valence-corrected chi connectivity index (χ0v) is 20.2. The van der Waals surface area contributed by atoms with Crippen LogP contribution in [0.15, 0.2) is 12.5 Å². The zero-order chi connectivity index (χ0) is 27.4. The summed E-state index contributed by atoms with van der Waals surface area (Å²) >= 11 is 0. The summed E-state index contributed by atoms with van der Waals surface area (Å²) in [5, 5.41) is 16.5. The van der Waals surface area contributed by atoms with Crippen LogP contribution in [0.5, 0.6) is 0 Å². The van der Waals surface area contributed by atoms with Gasteiger partial charge in [0.25, 0.3) is 0 Å². The molecule has 15 nitrogen and oxygen atoms in total. The van der Waals surface area contributed by atoms with Crippen LogP contribution in [-0.2, 0) is 35.2 Å². The van der Waals surface area contributed by atoms with Crippen LogP contribution in [0.2, 0.25) is 0 Å². The molecule has 0 aromatic carbocycles. The molecular weight excluding hydrogens is 476 g/mol. The van der Waals surface area contributed by atoms with Gasteiger partial charge in [0.15, 0.2) is 0 Å². The molecule has 1 rings (SSSR count). The van der Waals surface area contributed by atoms with Crippen LogP contribution in [0.1, 0.15) is 45.2 Å². The normalized spacial score (nSPS) is 14.2. The van der Waals surface area contributed by atoms with Gasteiger partial charge in [-0.25, -0.2) is 9.78 Å². The van der Waals surface area contributed by atoms with Crippen molar-refractivity contribution in [2.75, 3.05) is 0 Å². The summed E-state index contributed by atoms with van der Waals surface area (Å²) in [7, 11) is 0. The van der Waals surface area contributed by atoms with Crippen LogP contribution in [-0.4, -0.2) is 74.7 Å². The van der Waals surface area contributed by atoms with Gasteiger partial charge in [-0.1, -0.05) is 13.8 Å². The Hall–Kier alpha value is -4.01. The summed E-state index contributed by atoms with van der Waals surface area (Å²) in [6.07, 6.45) is 1.68. The number of amides is 5. The number of hydrogen-bond acceptors (Lipinski definition) is 8. The molecule has 1 aromatic rings. The lowest BCUT2D eigenvalue weighted by atomic mass is 10.0. The predicted molar refractivity (Wildman–Crippen MR) is 125 cm³/mol. The van der Waals surface area contributed by atoms with Crippen LogP contribution in [0.25, 0.3) is 0 Å². The van der Waals surface area contributed by atoms with Gasteiger partial charge in [-0.15, -0.1) is 0 Å². The molecule has 0 saturated carbocycles. The van der Waals surface area contributed by atoms with Gasteiger partial charge in [0.2, 0.25) is 29.5 Å². The third kappa shape index (κ3) is 10.5. The maximum Gasteiger partial charge on any atom is 0.326 e. The van der Waals surface area contributed by atoms with E-state index in [0.717, 1.165) is 0 Å². The van der Waals surface area contributed by atoms with Crippen LogP contribution in [0, 0.1) is 5.92 Å². The maximum atomic E-state index is 13.1. The van der Waals surface area contributed by atoms with Crippen molar-refractivity contribution in [2.45, 2.75) is 70.1 Å². The number of rotatable bonds is 16. The van der Waals surface area contributed by atoms with E-state index in [9.17, 15) is 33.9 Å². The van der Waals surface area contributed by atoms with Gasteiger partial charge in [0, 0.05) is 31.2 Å². The van der Waals surface area contributed by atoms with E-state index in [2.05, 4.69) is 25.9 Å². The average Bonchev–Trinajstić information content (AvgIpc) is 3.30. The largest absolute Gasteiger partial charge is 0.480 e. The number of aromatic nitrogens is 2. The zero-order valence-electron chi connectivity index (χ0n) is 20.2. The average molecular weight is 511 g/mol. The third-order valence-electron chi connectivity index (χ3n) is 5.24. The maximum absolute atomic E-state index is 13.1. The van der Waals surface area contributed by atoms with Crippen molar-refractivity contribution in [1.29, 1.82) is 0 Å². The second kappa shape index (κ2) is 14.4. The number of carbonyl (C=O) groups excluding carboxylic acids is 5. The minimum Gasteiger partial charge on any atom is -0.480 e. The fourth-order valence-electron chi connectivity index (χ4n) is 3.04. The summed E-state index contributed by atoms with van der Waals surface area (Å²) < 4.78 is 0. The Morgan fingerprint density at radius 1 is 0.889 bits per heavy atom. The van der Waals surface area contributed by atoms with E-state index < -0.39 is 59.7 Å². The fourth-order valence-corrected chi connectivity index (χ4v) is 3.04. The molecule has 1 heterocycles. The number of imidazole rings is 1. The molecule has 0 aliphatic carbocycles. The molecule has 4 atom stereocenters. The number of hydrogen-bond donors (Lipinski definition) is 8. The van der Waals surface area contributed by atoms with E-state index in [4.69, 9.17) is 17.2 Å². The summed E-state index contributed by atoms with van der Waals surface area (Å²) in [6, 6.07) is -4.93. The molecule has 1 aromatic heterocycles. The molecule has 0 saturated heterocycles. The molecule has 5 amide bonds. The van der Waals surface area contributed by atoms with E-state index in [1.165, 1.54) is 12.5 Å². The number of H-pyrrole nitrogens is 1. The highest BCUT2D eigenvalue weighted by Crippen LogP contribution is 2.06. The quantitative estimate of drug-likeness (QED) is 0.112. The first kappa shape index (κ1) is 30.0. The van der Waals surface area contributed by atoms with E-state index in [-0.39, 0.29) is 38.0 Å². The minimum atomic E-state index is -1.47. The molecule has 0 spiro atoms. The molecular formula is C21H34N8O7. The second-order valence-corrected chi connectivity index (χ2v) is 8.58. The number of nitrogens with two attached hydrogens (primary N) is 3. The summed E-state index contributed by atoms with van der Waals surface area (Å²) in [4.78, 5) is 78.9. The summed E-state index contributed by atoms with van der Waals surface area (Å²) in [5.41, 5.74) is 16.6. The van der Waals surface area contributed by atoms with Gasteiger partial charge in [0.1, 0.15) is 18.1 Å². The van der Waals surface area contributed by atoms with Crippen molar-refractivity contribution in [3.05, 3.63) is 18.2 Å². The third-order valence-corrected chi connectivity index (χ3v) is 5.24. The Labute approximate surface area is 207 Å². The molecule has 15 heteroatoms. The van der Waals surface area contributed by atoms with Crippen molar-refractivity contribution in [1.82, 2.24) is 25.9 Å². The molecule has 0 bridgehead atoms. The van der Waals surface area contributed by atoms with Crippen molar-refractivity contribution in [2.24, 2.45) is 23.1 Å². The van der Waals surface area contributed by atoms with E-state index in [0.29, 0.717) is 5.69 Å². The standard InChI is InChI=1S/C21H34N8O7/c1-10(2)17(24)20(34)29-14(7-11-8-25-9-26-11)19(33)27-12(3-5-15(22)30)18(32)28-13(21(35)36)4-6-16(23)31/h8-10,12-14,17H,3-7,24H2,1-2H3,(H2,22,30)(H2,23,31)(H,25,26)(H,27,33)(H,28,32)(H,29,34)(H,35,36). The van der Waals surface area contributed by atoms with Gasteiger partial charge in [-0.2, -0.15) is 0 Å². The first-order chi connectivity index (χ1) is 16.8. The number of nitrogens with one attached hydrogen (secondary N) is 4. The number of carboxylic acid groups (broad SMARTS) is 1. The Morgan fingerprint density at radius 2 is 1.39 bits per heavy atom. The molecule has 0 aliphatic rings.